The van der Waals surface area contributed by atoms with E-state index in [0.29, 0.717) is 46.8 Å². The maximum Gasteiger partial charge on any atom is 0.200 e. The zero-order valence-electron chi connectivity index (χ0n) is 19.5. The van der Waals surface area contributed by atoms with Crippen molar-refractivity contribution in [2.24, 2.45) is 23.7 Å². The van der Waals surface area contributed by atoms with E-state index in [2.05, 4.69) is 0 Å². The van der Waals surface area contributed by atoms with Gasteiger partial charge in [-0.3, -0.25) is 9.59 Å². The first kappa shape index (κ1) is 25.5. The minimum absolute atomic E-state index is 0. The Morgan fingerprint density at radius 3 is 2.43 bits per heavy atom. The van der Waals surface area contributed by atoms with Crippen LogP contribution in [0.5, 0.6) is 5.75 Å². The summed E-state index contributed by atoms with van der Waals surface area (Å²) in [5, 5.41) is 10.8. The van der Waals surface area contributed by atoms with E-state index in [-0.39, 0.29) is 38.0 Å². The fourth-order valence-electron chi connectivity index (χ4n) is 6.85. The molecule has 4 saturated carbocycles. The molecule has 4 fully saturated rings. The molecule has 4 bridgehead atoms. The van der Waals surface area contributed by atoms with Crippen molar-refractivity contribution in [2.75, 3.05) is 13.7 Å². The predicted octanol–water partition coefficient (Wildman–Crippen LogP) is 5.63. The molecule has 0 amide bonds. The van der Waals surface area contributed by atoms with Gasteiger partial charge in [-0.1, -0.05) is 31.7 Å². The van der Waals surface area contributed by atoms with Gasteiger partial charge in [0, 0.05) is 24.7 Å². The van der Waals surface area contributed by atoms with Gasteiger partial charge < -0.3 is 14.6 Å². The van der Waals surface area contributed by atoms with Crippen molar-refractivity contribution < 1.29 is 28.6 Å². The lowest BCUT2D eigenvalue weighted by atomic mass is 9.49. The Kier molecular flexibility index (Phi) is 7.43. The van der Waals surface area contributed by atoms with Gasteiger partial charge in [-0.2, -0.15) is 0 Å². The van der Waals surface area contributed by atoms with Crippen molar-refractivity contribution in [2.45, 2.75) is 58.2 Å². The summed E-state index contributed by atoms with van der Waals surface area (Å²) in [6.45, 7) is -0.0775. The van der Waals surface area contributed by atoms with Crippen LogP contribution in [-0.2, 0) is 11.3 Å². The quantitative estimate of drug-likeness (QED) is 0.469. The maximum absolute atomic E-state index is 13.8. The first-order chi connectivity index (χ1) is 16.3. The molecule has 6 rings (SSSR count). The van der Waals surface area contributed by atoms with E-state index in [0.717, 1.165) is 32.1 Å². The van der Waals surface area contributed by atoms with Gasteiger partial charge in [-0.25, -0.2) is 4.39 Å². The van der Waals surface area contributed by atoms with Crippen LogP contribution in [0, 0.1) is 29.5 Å². The van der Waals surface area contributed by atoms with Gasteiger partial charge in [-0.05, 0) is 79.5 Å². The molecule has 2 aromatic carbocycles. The number of halogens is 1. The number of ether oxygens (including phenoxy) is 2. The highest BCUT2D eigenvalue weighted by atomic mass is 19.1. The van der Waals surface area contributed by atoms with E-state index in [9.17, 15) is 19.1 Å². The van der Waals surface area contributed by atoms with Crippen LogP contribution in [0.2, 0.25) is 0 Å². The van der Waals surface area contributed by atoms with Crippen molar-refractivity contribution in [1.29, 1.82) is 0 Å². The molecule has 4 aliphatic carbocycles. The highest BCUT2D eigenvalue weighted by Gasteiger charge is 2.54. The van der Waals surface area contributed by atoms with Crippen LogP contribution in [0.4, 0.5) is 4.39 Å². The Hall–Kier alpha value is -2.57. The molecule has 1 N–H and O–H groups in total. The van der Waals surface area contributed by atoms with Crippen molar-refractivity contribution in [3.05, 3.63) is 65.0 Å². The smallest absolute Gasteiger partial charge is 0.200 e. The van der Waals surface area contributed by atoms with Crippen LogP contribution in [0.25, 0.3) is 0 Å². The number of hydrogen-bond donors (Lipinski definition) is 1. The average molecular weight is 483 g/mol. The van der Waals surface area contributed by atoms with Crippen molar-refractivity contribution in [3.63, 3.8) is 0 Å². The van der Waals surface area contributed by atoms with E-state index in [4.69, 9.17) is 9.47 Å². The molecule has 2 aromatic rings. The first-order valence-electron chi connectivity index (χ1n) is 12.1. The molecular formula is C29H35FO5. The van der Waals surface area contributed by atoms with Crippen LogP contribution in [0.1, 0.15) is 72.2 Å². The standard InChI is InChI=1S/C28H31FO5.CH4/c1-33-15-21-10-18(26(31)16-34-27-5-3-2-4-24(27)29)6-7-22(21)25(30)11-23-19-8-17-9-20(23)14-28(32,12-17)13-19;/h2-7,10,17,19-20,23,32H,8-9,11-16H2,1H3;1H4. The van der Waals surface area contributed by atoms with Crippen LogP contribution in [-0.4, -0.2) is 36.0 Å². The van der Waals surface area contributed by atoms with Crippen molar-refractivity contribution >= 4 is 11.6 Å². The molecule has 35 heavy (non-hydrogen) atoms. The molecule has 0 aliphatic heterocycles. The summed E-state index contributed by atoms with van der Waals surface area (Å²) in [6.07, 6.45) is 5.28. The van der Waals surface area contributed by atoms with Gasteiger partial charge >= 0.3 is 0 Å². The van der Waals surface area contributed by atoms with Crippen molar-refractivity contribution in [1.82, 2.24) is 0 Å². The second-order valence-corrected chi connectivity index (χ2v) is 10.4. The molecule has 0 saturated heterocycles. The number of ketones is 2. The Morgan fingerprint density at radius 2 is 1.77 bits per heavy atom. The van der Waals surface area contributed by atoms with E-state index >= 15 is 0 Å². The van der Waals surface area contributed by atoms with Crippen LogP contribution in [0.3, 0.4) is 0 Å². The molecule has 5 nitrogen and oxygen atoms in total. The Morgan fingerprint density at radius 1 is 1.06 bits per heavy atom. The van der Waals surface area contributed by atoms with Crippen LogP contribution in [0.15, 0.2) is 42.5 Å². The topological polar surface area (TPSA) is 72.8 Å². The molecule has 6 heteroatoms. The van der Waals surface area contributed by atoms with E-state index in [1.54, 1.807) is 37.4 Å². The maximum atomic E-state index is 13.8. The van der Waals surface area contributed by atoms with Gasteiger partial charge in [0.1, 0.15) is 0 Å². The van der Waals surface area contributed by atoms with Crippen molar-refractivity contribution in [3.8, 4) is 5.75 Å². The SMILES string of the molecule is C.COCc1cc(C(=O)COc2ccccc2F)ccc1C(=O)CC1C2CC3CC1CC(O)(C3)C2. The normalized spacial score (nSPS) is 28.4. The number of hydrogen-bond acceptors (Lipinski definition) is 5. The first-order valence-corrected chi connectivity index (χ1v) is 12.1. The van der Waals surface area contributed by atoms with E-state index in [1.165, 1.54) is 12.1 Å². The fraction of sp³-hybridized carbons (Fsp3) is 0.517. The lowest BCUT2D eigenvalue weighted by molar-refractivity contribution is -0.151. The third-order valence-corrected chi connectivity index (χ3v) is 8.08. The second-order valence-electron chi connectivity index (χ2n) is 10.4. The number of carbonyl (C=O) groups is 2. The van der Waals surface area contributed by atoms with Gasteiger partial charge in [0.05, 0.1) is 12.2 Å². The van der Waals surface area contributed by atoms with Crippen LogP contribution >= 0.6 is 0 Å². The third kappa shape index (κ3) is 5.19. The molecule has 0 spiro atoms. The monoisotopic (exact) mass is 482 g/mol. The van der Waals surface area contributed by atoms with Gasteiger partial charge in [0.2, 0.25) is 0 Å². The number of Topliss-reactive ketones (excluding diaryl/α,β-unsaturated/α-hetero) is 2. The fourth-order valence-corrected chi connectivity index (χ4v) is 6.85. The number of benzene rings is 2. The summed E-state index contributed by atoms with van der Waals surface area (Å²) >= 11 is 0. The summed E-state index contributed by atoms with van der Waals surface area (Å²) in [4.78, 5) is 26.1. The summed E-state index contributed by atoms with van der Waals surface area (Å²) < 4.78 is 24.4. The number of carbonyl (C=O) groups excluding carboxylic acids is 2. The van der Waals surface area contributed by atoms with E-state index < -0.39 is 11.4 Å². The Balaban J connectivity index is 0.00000289. The Labute approximate surface area is 206 Å². The number of rotatable bonds is 9. The van der Waals surface area contributed by atoms with Gasteiger partial charge in [-0.15, -0.1) is 0 Å². The minimum atomic E-state index is -0.520. The zero-order valence-corrected chi connectivity index (χ0v) is 19.5. The lowest BCUT2D eigenvalue weighted by Gasteiger charge is -2.58. The zero-order chi connectivity index (χ0) is 23.9. The molecule has 2 unspecified atom stereocenters. The summed E-state index contributed by atoms with van der Waals surface area (Å²) in [7, 11) is 1.56. The highest BCUT2D eigenvalue weighted by molar-refractivity contribution is 6.01. The minimum Gasteiger partial charge on any atom is -0.482 e. The molecule has 2 atom stereocenters. The number of methoxy groups -OCH3 is 1. The highest BCUT2D eigenvalue weighted by Crippen LogP contribution is 2.59. The molecule has 4 aliphatic rings. The van der Waals surface area contributed by atoms with Crippen LogP contribution < -0.4 is 4.74 Å². The van der Waals surface area contributed by atoms with E-state index in [1.807, 2.05) is 0 Å². The summed E-state index contributed by atoms with van der Waals surface area (Å²) in [5.74, 6) is 1.04. The predicted molar refractivity (Wildman–Crippen MR) is 131 cm³/mol. The molecule has 0 aromatic heterocycles. The molecule has 188 valence electrons. The molecular weight excluding hydrogens is 447 g/mol. The summed E-state index contributed by atoms with van der Waals surface area (Å²) in [6, 6.07) is 11.0. The number of para-hydroxylation sites is 1. The largest absolute Gasteiger partial charge is 0.482 e. The third-order valence-electron chi connectivity index (χ3n) is 8.08. The van der Waals surface area contributed by atoms with Gasteiger partial charge in [0.25, 0.3) is 0 Å². The lowest BCUT2D eigenvalue weighted by Crippen LogP contribution is -2.54. The molecule has 0 radical (unpaired) electrons. The Bertz CT molecular complexity index is 1080. The number of aliphatic hydroxyl groups is 1. The molecule has 0 heterocycles. The second kappa shape index (κ2) is 10.2. The average Bonchev–Trinajstić information content (AvgIpc) is 2.79. The summed E-state index contributed by atoms with van der Waals surface area (Å²) in [5.41, 5.74) is 1.15. The van der Waals surface area contributed by atoms with Gasteiger partial charge in [0.15, 0.2) is 29.7 Å².